The molecule has 1 aliphatic heterocycles. The van der Waals surface area contributed by atoms with Gasteiger partial charge in [-0.15, -0.1) is 10.2 Å². The number of benzene rings is 2. The summed E-state index contributed by atoms with van der Waals surface area (Å²) in [5.41, 5.74) is 1.50. The summed E-state index contributed by atoms with van der Waals surface area (Å²) in [5, 5.41) is 11.4. The van der Waals surface area contributed by atoms with Crippen LogP contribution in [0.1, 0.15) is 47.6 Å². The van der Waals surface area contributed by atoms with Crippen LogP contribution >= 0.6 is 46.6 Å². The molecule has 1 atom stereocenters. The Bertz CT molecular complexity index is 1100. The van der Waals surface area contributed by atoms with Crippen LogP contribution in [0.3, 0.4) is 0 Å². The zero-order valence-corrected chi connectivity index (χ0v) is 20.0. The SMILES string of the molecule is CCn1c(SCc2ccc(Cl)cc2Cl)nnc1C1CCCN1C(=O)c1ccccc1Cl. The van der Waals surface area contributed by atoms with Gasteiger partial charge in [0.2, 0.25) is 0 Å². The summed E-state index contributed by atoms with van der Waals surface area (Å²) < 4.78 is 2.08. The maximum Gasteiger partial charge on any atom is 0.255 e. The summed E-state index contributed by atoms with van der Waals surface area (Å²) in [6.45, 7) is 3.44. The normalized spacial score (nSPS) is 16.1. The molecule has 1 fully saturated rings. The molecule has 4 rings (SSSR count). The Morgan fingerprint density at radius 3 is 2.68 bits per heavy atom. The highest BCUT2D eigenvalue weighted by Gasteiger charge is 2.35. The predicted octanol–water partition coefficient (Wildman–Crippen LogP) is 6.53. The van der Waals surface area contributed by atoms with Crippen LogP contribution in [0.2, 0.25) is 15.1 Å². The van der Waals surface area contributed by atoms with Gasteiger partial charge in [-0.05, 0) is 49.6 Å². The van der Waals surface area contributed by atoms with Gasteiger partial charge in [-0.3, -0.25) is 4.79 Å². The lowest BCUT2D eigenvalue weighted by Gasteiger charge is -2.25. The van der Waals surface area contributed by atoms with E-state index in [1.54, 1.807) is 30.0 Å². The molecule has 162 valence electrons. The van der Waals surface area contributed by atoms with Crippen molar-refractivity contribution in [2.75, 3.05) is 6.54 Å². The highest BCUT2D eigenvalue weighted by molar-refractivity contribution is 7.98. The number of rotatable bonds is 6. The lowest BCUT2D eigenvalue weighted by Crippen LogP contribution is -2.32. The smallest absolute Gasteiger partial charge is 0.255 e. The first-order chi connectivity index (χ1) is 15.0. The molecule has 2 heterocycles. The molecule has 1 saturated heterocycles. The third-order valence-corrected chi connectivity index (χ3v) is 7.28. The van der Waals surface area contributed by atoms with E-state index in [1.807, 2.05) is 29.2 Å². The zero-order valence-electron chi connectivity index (χ0n) is 16.9. The molecular weight excluding hydrogens is 475 g/mol. The van der Waals surface area contributed by atoms with Crippen LogP contribution in [0.15, 0.2) is 47.6 Å². The number of halogens is 3. The van der Waals surface area contributed by atoms with Gasteiger partial charge in [0, 0.05) is 28.9 Å². The second kappa shape index (κ2) is 9.82. The van der Waals surface area contributed by atoms with Crippen molar-refractivity contribution in [1.82, 2.24) is 19.7 Å². The van der Waals surface area contributed by atoms with Gasteiger partial charge in [-0.2, -0.15) is 0 Å². The molecule has 1 unspecified atom stereocenters. The molecule has 5 nitrogen and oxygen atoms in total. The summed E-state index contributed by atoms with van der Waals surface area (Å²) in [6, 6.07) is 12.5. The molecule has 0 radical (unpaired) electrons. The average molecular weight is 496 g/mol. The highest BCUT2D eigenvalue weighted by Crippen LogP contribution is 2.35. The predicted molar refractivity (Wildman–Crippen MR) is 126 cm³/mol. The number of hydrogen-bond acceptors (Lipinski definition) is 4. The van der Waals surface area contributed by atoms with Crippen LogP contribution in [-0.4, -0.2) is 32.1 Å². The molecule has 1 aromatic heterocycles. The highest BCUT2D eigenvalue weighted by atomic mass is 35.5. The largest absolute Gasteiger partial charge is 0.328 e. The maximum atomic E-state index is 13.2. The first-order valence-electron chi connectivity index (χ1n) is 10.0. The molecule has 31 heavy (non-hydrogen) atoms. The van der Waals surface area contributed by atoms with E-state index in [0.29, 0.717) is 39.5 Å². The Kier molecular flexibility index (Phi) is 7.12. The van der Waals surface area contributed by atoms with Crippen molar-refractivity contribution in [2.45, 2.75) is 43.3 Å². The zero-order chi connectivity index (χ0) is 22.0. The van der Waals surface area contributed by atoms with Gasteiger partial charge in [0.05, 0.1) is 16.6 Å². The minimum absolute atomic E-state index is 0.0686. The van der Waals surface area contributed by atoms with E-state index < -0.39 is 0 Å². The van der Waals surface area contributed by atoms with Crippen molar-refractivity contribution in [3.8, 4) is 0 Å². The fraction of sp³-hybridized carbons (Fsp3) is 0.318. The molecule has 0 bridgehead atoms. The quantitative estimate of drug-likeness (QED) is 0.365. The lowest BCUT2D eigenvalue weighted by molar-refractivity contribution is 0.0727. The number of carbonyl (C=O) groups is 1. The second-order valence-electron chi connectivity index (χ2n) is 7.25. The number of carbonyl (C=O) groups excluding carboxylic acids is 1. The Hall–Kier alpha value is -1.73. The van der Waals surface area contributed by atoms with Crippen LogP contribution in [0, 0.1) is 0 Å². The molecule has 1 aliphatic rings. The Balaban J connectivity index is 1.56. The van der Waals surface area contributed by atoms with E-state index in [4.69, 9.17) is 34.8 Å². The first kappa shape index (κ1) is 22.5. The molecule has 9 heteroatoms. The van der Waals surface area contributed by atoms with E-state index >= 15 is 0 Å². The maximum absolute atomic E-state index is 13.2. The summed E-state index contributed by atoms with van der Waals surface area (Å²) in [5.74, 6) is 1.40. The lowest BCUT2D eigenvalue weighted by atomic mass is 10.1. The van der Waals surface area contributed by atoms with Crippen molar-refractivity contribution < 1.29 is 4.79 Å². The van der Waals surface area contributed by atoms with Crippen molar-refractivity contribution in [1.29, 1.82) is 0 Å². The van der Waals surface area contributed by atoms with Gasteiger partial charge in [0.25, 0.3) is 5.91 Å². The third-order valence-electron chi connectivity index (χ3n) is 5.35. The van der Waals surface area contributed by atoms with E-state index in [1.165, 1.54) is 0 Å². The average Bonchev–Trinajstić information content (AvgIpc) is 3.39. The molecule has 3 aromatic rings. The van der Waals surface area contributed by atoms with Crippen LogP contribution in [0.4, 0.5) is 0 Å². The number of aromatic nitrogens is 3. The number of amides is 1. The van der Waals surface area contributed by atoms with Gasteiger partial charge < -0.3 is 9.47 Å². The van der Waals surface area contributed by atoms with Crippen molar-refractivity contribution in [3.63, 3.8) is 0 Å². The van der Waals surface area contributed by atoms with Crippen molar-refractivity contribution in [3.05, 3.63) is 74.5 Å². The van der Waals surface area contributed by atoms with Crippen molar-refractivity contribution >= 4 is 52.5 Å². The van der Waals surface area contributed by atoms with E-state index in [2.05, 4.69) is 21.7 Å². The molecular formula is C22H21Cl3N4OS. The Morgan fingerprint density at radius 2 is 1.94 bits per heavy atom. The van der Waals surface area contributed by atoms with Crippen LogP contribution < -0.4 is 0 Å². The van der Waals surface area contributed by atoms with Crippen LogP contribution in [0.25, 0.3) is 0 Å². The summed E-state index contributed by atoms with van der Waals surface area (Å²) in [4.78, 5) is 15.1. The van der Waals surface area contributed by atoms with E-state index in [0.717, 1.165) is 29.4 Å². The standard InChI is InChI=1S/C22H21Cl3N4OS/c1-2-28-20(26-27-22(28)31-13-14-9-10-15(23)12-18(14)25)19-8-5-11-29(19)21(30)16-6-3-4-7-17(16)24/h3-4,6-7,9-10,12,19H,2,5,8,11,13H2,1H3. The molecule has 2 aromatic carbocycles. The minimum atomic E-state index is -0.121. The monoisotopic (exact) mass is 494 g/mol. The topological polar surface area (TPSA) is 51.0 Å². The van der Waals surface area contributed by atoms with Gasteiger partial charge in [-0.25, -0.2) is 0 Å². The van der Waals surface area contributed by atoms with Gasteiger partial charge in [0.1, 0.15) is 0 Å². The van der Waals surface area contributed by atoms with Gasteiger partial charge >= 0.3 is 0 Å². The summed E-state index contributed by atoms with van der Waals surface area (Å²) in [6.07, 6.45) is 1.77. The van der Waals surface area contributed by atoms with E-state index in [-0.39, 0.29) is 11.9 Å². The second-order valence-corrected chi connectivity index (χ2v) is 9.44. The van der Waals surface area contributed by atoms with Crippen LogP contribution in [0.5, 0.6) is 0 Å². The molecule has 0 saturated carbocycles. The Labute approximate surface area is 200 Å². The van der Waals surface area contributed by atoms with E-state index in [9.17, 15) is 4.79 Å². The Morgan fingerprint density at radius 1 is 1.13 bits per heavy atom. The molecule has 0 N–H and O–H groups in total. The number of nitrogens with zero attached hydrogens (tertiary/aromatic N) is 4. The number of likely N-dealkylation sites (tertiary alicyclic amines) is 1. The molecule has 0 aliphatic carbocycles. The van der Waals surface area contributed by atoms with Crippen LogP contribution in [-0.2, 0) is 12.3 Å². The summed E-state index contributed by atoms with van der Waals surface area (Å²) in [7, 11) is 0. The minimum Gasteiger partial charge on any atom is -0.328 e. The van der Waals surface area contributed by atoms with Gasteiger partial charge in [0.15, 0.2) is 11.0 Å². The fourth-order valence-corrected chi connectivity index (χ4v) is 5.58. The first-order valence-corrected chi connectivity index (χ1v) is 12.2. The number of thioether (sulfide) groups is 1. The number of hydrogen-bond donors (Lipinski definition) is 0. The summed E-state index contributed by atoms with van der Waals surface area (Å²) >= 11 is 20.1. The fourth-order valence-electron chi connectivity index (χ4n) is 3.80. The third kappa shape index (κ3) is 4.72. The van der Waals surface area contributed by atoms with Crippen molar-refractivity contribution in [2.24, 2.45) is 0 Å². The molecule has 0 spiro atoms. The van der Waals surface area contributed by atoms with Gasteiger partial charge in [-0.1, -0.05) is 64.8 Å². The molecule has 1 amide bonds.